The highest BCUT2D eigenvalue weighted by Crippen LogP contribution is 2.38. The normalized spacial score (nSPS) is 13.7. The number of hydrogen-bond acceptors (Lipinski definition) is 4. The largest absolute Gasteiger partial charge is 0.453 e. The number of carbonyl (C=O) groups excluding carboxylic acids is 2. The molecule has 6 nitrogen and oxygen atoms in total. The van der Waals surface area contributed by atoms with Crippen LogP contribution in [0.3, 0.4) is 0 Å². The van der Waals surface area contributed by atoms with Crippen LogP contribution in [0.4, 0.5) is 0 Å². The molecule has 0 radical (unpaired) electrons. The fourth-order valence-electron chi connectivity index (χ4n) is 3.55. The standard InChI is InChI=1S/C21H20N2O4/c1-12-9-16(13(2)23(12)14-7-8-14)20(25)11-27-21(26)18-10-19(24)15-5-3-4-6-17(15)22-18/h3-6,9-10,14H,7-8,11H2,1-2H3,(H,22,24). The molecular formula is C21H20N2O4. The van der Waals surface area contributed by atoms with Gasteiger partial charge in [-0.25, -0.2) is 4.79 Å². The molecule has 27 heavy (non-hydrogen) atoms. The van der Waals surface area contributed by atoms with Gasteiger partial charge in [0.2, 0.25) is 5.78 Å². The van der Waals surface area contributed by atoms with E-state index >= 15 is 0 Å². The zero-order valence-electron chi connectivity index (χ0n) is 15.2. The summed E-state index contributed by atoms with van der Waals surface area (Å²) < 4.78 is 7.34. The number of aromatic nitrogens is 2. The first-order valence-corrected chi connectivity index (χ1v) is 8.96. The summed E-state index contributed by atoms with van der Waals surface area (Å²) in [6, 6.07) is 10.5. The maximum absolute atomic E-state index is 12.5. The highest BCUT2D eigenvalue weighted by Gasteiger charge is 2.28. The molecule has 6 heteroatoms. The number of fused-ring (bicyclic) bond motifs is 1. The summed E-state index contributed by atoms with van der Waals surface area (Å²) in [5.41, 5.74) is 2.86. The Morgan fingerprint density at radius 2 is 1.93 bits per heavy atom. The lowest BCUT2D eigenvalue weighted by atomic mass is 10.1. The van der Waals surface area contributed by atoms with Gasteiger partial charge in [0, 0.05) is 40.0 Å². The molecular weight excluding hydrogens is 344 g/mol. The first-order valence-electron chi connectivity index (χ1n) is 8.96. The van der Waals surface area contributed by atoms with Gasteiger partial charge in [-0.1, -0.05) is 12.1 Å². The second-order valence-electron chi connectivity index (χ2n) is 6.98. The molecule has 1 aliphatic carbocycles. The van der Waals surface area contributed by atoms with Crippen LogP contribution in [0.5, 0.6) is 0 Å². The first-order chi connectivity index (χ1) is 13.0. The highest BCUT2D eigenvalue weighted by atomic mass is 16.5. The van der Waals surface area contributed by atoms with Crippen LogP contribution >= 0.6 is 0 Å². The molecule has 0 amide bonds. The van der Waals surface area contributed by atoms with Gasteiger partial charge in [-0.05, 0) is 44.9 Å². The molecule has 2 heterocycles. The number of carbonyl (C=O) groups is 2. The molecule has 1 aliphatic rings. The lowest BCUT2D eigenvalue weighted by Crippen LogP contribution is -2.17. The molecule has 1 saturated carbocycles. The number of ketones is 1. The van der Waals surface area contributed by atoms with Crippen LogP contribution in [-0.2, 0) is 4.74 Å². The Labute approximate surface area is 155 Å². The summed E-state index contributed by atoms with van der Waals surface area (Å²) in [6.07, 6.45) is 2.27. The number of H-pyrrole nitrogens is 1. The predicted molar refractivity (Wildman–Crippen MR) is 101 cm³/mol. The van der Waals surface area contributed by atoms with Crippen molar-refractivity contribution in [2.24, 2.45) is 0 Å². The van der Waals surface area contributed by atoms with Gasteiger partial charge in [0.15, 0.2) is 12.0 Å². The molecule has 1 aromatic carbocycles. The van der Waals surface area contributed by atoms with E-state index in [0.29, 0.717) is 22.5 Å². The average Bonchev–Trinajstić information content (AvgIpc) is 3.44. The molecule has 4 rings (SSSR count). The van der Waals surface area contributed by atoms with Crippen LogP contribution in [0.2, 0.25) is 0 Å². The molecule has 0 saturated heterocycles. The second kappa shape index (κ2) is 6.54. The van der Waals surface area contributed by atoms with Gasteiger partial charge >= 0.3 is 5.97 Å². The van der Waals surface area contributed by atoms with E-state index in [1.165, 1.54) is 6.07 Å². The summed E-state index contributed by atoms with van der Waals surface area (Å²) in [5.74, 6) is -0.964. The molecule has 0 aliphatic heterocycles. The van der Waals surface area contributed by atoms with E-state index in [1.807, 2.05) is 19.9 Å². The number of ether oxygens (including phenoxy) is 1. The van der Waals surface area contributed by atoms with Crippen molar-refractivity contribution < 1.29 is 14.3 Å². The smallest absolute Gasteiger partial charge is 0.355 e. The molecule has 1 fully saturated rings. The first kappa shape index (κ1) is 17.3. The van der Waals surface area contributed by atoms with Crippen LogP contribution in [0, 0.1) is 13.8 Å². The predicted octanol–water partition coefficient (Wildman–Crippen LogP) is 3.32. The topological polar surface area (TPSA) is 81.2 Å². The van der Waals surface area contributed by atoms with Crippen molar-refractivity contribution >= 4 is 22.7 Å². The minimum Gasteiger partial charge on any atom is -0.453 e. The van der Waals surface area contributed by atoms with Crippen LogP contribution in [0.15, 0.2) is 41.2 Å². The van der Waals surface area contributed by atoms with Gasteiger partial charge in [-0.2, -0.15) is 0 Å². The van der Waals surface area contributed by atoms with Crippen LogP contribution < -0.4 is 5.43 Å². The van der Waals surface area contributed by atoms with Gasteiger partial charge in [0.05, 0.1) is 0 Å². The maximum atomic E-state index is 12.5. The van der Waals surface area contributed by atoms with Crippen molar-refractivity contribution in [3.8, 4) is 0 Å². The number of aryl methyl sites for hydroxylation is 1. The fraction of sp³-hybridized carbons (Fsp3) is 0.286. The Balaban J connectivity index is 1.50. The van der Waals surface area contributed by atoms with E-state index in [0.717, 1.165) is 24.2 Å². The molecule has 0 unspecified atom stereocenters. The third-order valence-electron chi connectivity index (χ3n) is 4.99. The summed E-state index contributed by atoms with van der Waals surface area (Å²) in [6.45, 7) is 3.54. The van der Waals surface area contributed by atoms with Crippen LogP contribution in [0.25, 0.3) is 10.9 Å². The zero-order valence-corrected chi connectivity index (χ0v) is 15.2. The number of hydrogen-bond donors (Lipinski definition) is 1. The Kier molecular flexibility index (Phi) is 4.18. The molecule has 0 spiro atoms. The second-order valence-corrected chi connectivity index (χ2v) is 6.98. The highest BCUT2D eigenvalue weighted by molar-refractivity contribution is 6.00. The van der Waals surface area contributed by atoms with Gasteiger partial charge < -0.3 is 14.3 Å². The Morgan fingerprint density at radius 3 is 2.67 bits per heavy atom. The summed E-state index contributed by atoms with van der Waals surface area (Å²) in [5, 5.41) is 0.498. The van der Waals surface area contributed by atoms with Gasteiger partial charge in [-0.3, -0.25) is 9.59 Å². The number of nitrogens with zero attached hydrogens (tertiary/aromatic N) is 1. The fourth-order valence-corrected chi connectivity index (χ4v) is 3.55. The third kappa shape index (κ3) is 3.18. The lowest BCUT2D eigenvalue weighted by molar-refractivity contribution is 0.0469. The number of Topliss-reactive ketones (excluding diaryl/α,β-unsaturated/α-hetero) is 1. The summed E-state index contributed by atoms with van der Waals surface area (Å²) in [4.78, 5) is 39.8. The molecule has 0 atom stereocenters. The summed E-state index contributed by atoms with van der Waals surface area (Å²) in [7, 11) is 0. The number of pyridine rings is 1. The summed E-state index contributed by atoms with van der Waals surface area (Å²) >= 11 is 0. The van der Waals surface area contributed by atoms with Gasteiger partial charge in [0.1, 0.15) is 5.69 Å². The van der Waals surface area contributed by atoms with Crippen LogP contribution in [-0.4, -0.2) is 27.9 Å². The van der Waals surface area contributed by atoms with Crippen molar-refractivity contribution in [1.29, 1.82) is 0 Å². The van der Waals surface area contributed by atoms with E-state index in [2.05, 4.69) is 9.55 Å². The lowest BCUT2D eigenvalue weighted by Gasteiger charge is -2.08. The number of benzene rings is 1. The molecule has 1 N–H and O–H groups in total. The molecule has 0 bridgehead atoms. The van der Waals surface area contributed by atoms with Crippen molar-refractivity contribution in [2.45, 2.75) is 32.7 Å². The number of aromatic amines is 1. The zero-order chi connectivity index (χ0) is 19.1. The molecule has 138 valence electrons. The number of rotatable bonds is 5. The van der Waals surface area contributed by atoms with Crippen molar-refractivity contribution in [1.82, 2.24) is 9.55 Å². The number of para-hydroxylation sites is 1. The SMILES string of the molecule is Cc1cc(C(=O)COC(=O)c2cc(=O)c3ccccc3[nH]2)c(C)n1C1CC1. The Bertz CT molecular complexity index is 1120. The van der Waals surface area contributed by atoms with Gasteiger partial charge in [-0.15, -0.1) is 0 Å². The maximum Gasteiger partial charge on any atom is 0.355 e. The van der Waals surface area contributed by atoms with E-state index < -0.39 is 5.97 Å². The van der Waals surface area contributed by atoms with Crippen molar-refractivity contribution in [3.63, 3.8) is 0 Å². The average molecular weight is 364 g/mol. The monoisotopic (exact) mass is 364 g/mol. The Hall–Kier alpha value is -3.15. The molecule has 3 aromatic rings. The minimum absolute atomic E-state index is 0.0370. The van der Waals surface area contributed by atoms with Gasteiger partial charge in [0.25, 0.3) is 0 Å². The third-order valence-corrected chi connectivity index (χ3v) is 4.99. The molecule has 2 aromatic heterocycles. The van der Waals surface area contributed by atoms with Crippen molar-refractivity contribution in [3.05, 3.63) is 69.3 Å². The van der Waals surface area contributed by atoms with Crippen LogP contribution in [0.1, 0.15) is 51.1 Å². The van der Waals surface area contributed by atoms with E-state index in [1.54, 1.807) is 24.3 Å². The van der Waals surface area contributed by atoms with E-state index in [-0.39, 0.29) is 23.5 Å². The van der Waals surface area contributed by atoms with E-state index in [9.17, 15) is 14.4 Å². The Morgan fingerprint density at radius 1 is 1.19 bits per heavy atom. The minimum atomic E-state index is -0.720. The van der Waals surface area contributed by atoms with E-state index in [4.69, 9.17) is 4.74 Å². The van der Waals surface area contributed by atoms with Crippen molar-refractivity contribution in [2.75, 3.05) is 6.61 Å². The number of nitrogens with one attached hydrogen (secondary N) is 1. The quantitative estimate of drug-likeness (QED) is 0.556. The number of esters is 1.